The van der Waals surface area contributed by atoms with Crippen LogP contribution < -0.4 is 5.32 Å². The van der Waals surface area contributed by atoms with Crippen molar-refractivity contribution in [1.29, 1.82) is 0 Å². The highest BCUT2D eigenvalue weighted by molar-refractivity contribution is 9.10. The molecule has 5 heteroatoms. The second-order valence-electron chi connectivity index (χ2n) is 3.33. The van der Waals surface area contributed by atoms with Crippen molar-refractivity contribution in [3.8, 4) is 0 Å². The minimum atomic E-state index is -0.180. The molecule has 0 radical (unpaired) electrons. The Balaban J connectivity index is 2.14. The third-order valence-corrected chi connectivity index (χ3v) is 3.02. The van der Waals surface area contributed by atoms with Gasteiger partial charge in [0.15, 0.2) is 0 Å². The molecule has 3 nitrogen and oxygen atoms in total. The summed E-state index contributed by atoms with van der Waals surface area (Å²) in [6.07, 6.45) is 1.64. The third kappa shape index (κ3) is 3.38. The predicted octanol–water partition coefficient (Wildman–Crippen LogP) is 3.86. The van der Waals surface area contributed by atoms with Gasteiger partial charge in [-0.15, -0.1) is 0 Å². The number of benzene rings is 1. The quantitative estimate of drug-likeness (QED) is 0.888. The van der Waals surface area contributed by atoms with Gasteiger partial charge in [0.25, 0.3) is 5.91 Å². The number of hydrogen-bond donors (Lipinski definition) is 1. The molecule has 0 bridgehead atoms. The van der Waals surface area contributed by atoms with Crippen molar-refractivity contribution < 1.29 is 4.79 Å². The van der Waals surface area contributed by atoms with E-state index < -0.39 is 0 Å². The summed E-state index contributed by atoms with van der Waals surface area (Å²) in [4.78, 5) is 15.9. The molecule has 0 saturated heterocycles. The van der Waals surface area contributed by atoms with Crippen molar-refractivity contribution in [2.24, 2.45) is 0 Å². The largest absolute Gasteiger partial charge is 0.307 e. The molecule has 1 heterocycles. The number of anilines is 1. The van der Waals surface area contributed by atoms with Crippen LogP contribution in [0.25, 0.3) is 0 Å². The van der Waals surface area contributed by atoms with Crippen molar-refractivity contribution in [2.75, 3.05) is 5.32 Å². The van der Waals surface area contributed by atoms with E-state index in [9.17, 15) is 4.79 Å². The molecule has 0 atom stereocenters. The molecule has 1 amide bonds. The molecule has 1 N–H and O–H groups in total. The Kier molecular flexibility index (Phi) is 3.91. The molecule has 0 unspecified atom stereocenters. The SMILES string of the molecule is O=C(Nc1ccc(Br)cn1)c1cccc(Br)c1. The number of rotatable bonds is 2. The Bertz CT molecular complexity index is 540. The third-order valence-electron chi connectivity index (χ3n) is 2.06. The first-order valence-electron chi connectivity index (χ1n) is 4.83. The van der Waals surface area contributed by atoms with E-state index in [2.05, 4.69) is 42.2 Å². The Hall–Kier alpha value is -1.20. The van der Waals surface area contributed by atoms with Crippen LogP contribution in [0.5, 0.6) is 0 Å². The summed E-state index contributed by atoms with van der Waals surface area (Å²) in [7, 11) is 0. The molecule has 2 rings (SSSR count). The van der Waals surface area contributed by atoms with E-state index in [1.54, 1.807) is 24.4 Å². The summed E-state index contributed by atoms with van der Waals surface area (Å²) in [5.41, 5.74) is 0.587. The second kappa shape index (κ2) is 5.42. The summed E-state index contributed by atoms with van der Waals surface area (Å²) in [6.45, 7) is 0. The molecular weight excluding hydrogens is 348 g/mol. The summed E-state index contributed by atoms with van der Waals surface area (Å²) in [6, 6.07) is 10.7. The standard InChI is InChI=1S/C12H8Br2N2O/c13-9-3-1-2-8(6-9)12(17)16-11-5-4-10(14)7-15-11/h1-7H,(H,15,16,17). The fourth-order valence-corrected chi connectivity index (χ4v) is 1.90. The van der Waals surface area contributed by atoms with Gasteiger partial charge in [-0.25, -0.2) is 4.98 Å². The predicted molar refractivity (Wildman–Crippen MR) is 74.0 cm³/mol. The molecule has 0 aliphatic carbocycles. The molecule has 0 saturated carbocycles. The van der Waals surface area contributed by atoms with Crippen molar-refractivity contribution in [1.82, 2.24) is 4.98 Å². The van der Waals surface area contributed by atoms with Gasteiger partial charge in [-0.3, -0.25) is 4.79 Å². The van der Waals surface area contributed by atoms with E-state index in [0.29, 0.717) is 11.4 Å². The number of hydrogen-bond acceptors (Lipinski definition) is 2. The maximum absolute atomic E-state index is 11.9. The highest BCUT2D eigenvalue weighted by Gasteiger charge is 2.06. The lowest BCUT2D eigenvalue weighted by Gasteiger charge is -2.04. The first-order chi connectivity index (χ1) is 8.15. The van der Waals surface area contributed by atoms with Crippen LogP contribution >= 0.6 is 31.9 Å². The van der Waals surface area contributed by atoms with E-state index in [4.69, 9.17) is 0 Å². The molecule has 0 fully saturated rings. The topological polar surface area (TPSA) is 42.0 Å². The lowest BCUT2D eigenvalue weighted by atomic mass is 10.2. The van der Waals surface area contributed by atoms with Crippen molar-refractivity contribution in [2.45, 2.75) is 0 Å². The van der Waals surface area contributed by atoms with Gasteiger partial charge in [0.2, 0.25) is 0 Å². The average Bonchev–Trinajstić information content (AvgIpc) is 2.32. The van der Waals surface area contributed by atoms with Gasteiger partial charge in [-0.2, -0.15) is 0 Å². The van der Waals surface area contributed by atoms with Crippen LogP contribution in [0, 0.1) is 0 Å². The summed E-state index contributed by atoms with van der Waals surface area (Å²) in [5, 5.41) is 2.72. The zero-order valence-corrected chi connectivity index (χ0v) is 11.8. The fourth-order valence-electron chi connectivity index (χ4n) is 1.27. The zero-order chi connectivity index (χ0) is 12.3. The summed E-state index contributed by atoms with van der Waals surface area (Å²) < 4.78 is 1.74. The van der Waals surface area contributed by atoms with E-state index in [0.717, 1.165) is 8.95 Å². The van der Waals surface area contributed by atoms with Gasteiger partial charge in [0, 0.05) is 20.7 Å². The molecule has 2 aromatic rings. The number of pyridine rings is 1. The van der Waals surface area contributed by atoms with Crippen molar-refractivity contribution in [3.63, 3.8) is 0 Å². The van der Waals surface area contributed by atoms with Crippen LogP contribution in [0.3, 0.4) is 0 Å². The van der Waals surface area contributed by atoms with Crippen molar-refractivity contribution >= 4 is 43.6 Å². The Morgan fingerprint density at radius 3 is 2.59 bits per heavy atom. The van der Waals surface area contributed by atoms with Crippen LogP contribution in [-0.2, 0) is 0 Å². The number of carbonyl (C=O) groups excluding carboxylic acids is 1. The summed E-state index contributed by atoms with van der Waals surface area (Å²) >= 11 is 6.61. The van der Waals surface area contributed by atoms with Crippen molar-refractivity contribution in [3.05, 3.63) is 57.1 Å². The number of halogens is 2. The Morgan fingerprint density at radius 2 is 1.94 bits per heavy atom. The first-order valence-corrected chi connectivity index (χ1v) is 6.42. The smallest absolute Gasteiger partial charge is 0.256 e. The Morgan fingerprint density at radius 1 is 1.12 bits per heavy atom. The number of carbonyl (C=O) groups is 1. The fraction of sp³-hybridized carbons (Fsp3) is 0. The molecule has 86 valence electrons. The van der Waals surface area contributed by atoms with Gasteiger partial charge in [0.1, 0.15) is 5.82 Å². The average molecular weight is 356 g/mol. The minimum absolute atomic E-state index is 0.180. The molecule has 17 heavy (non-hydrogen) atoms. The van der Waals surface area contributed by atoms with Gasteiger partial charge in [0.05, 0.1) is 0 Å². The van der Waals surface area contributed by atoms with Crippen LogP contribution in [0.2, 0.25) is 0 Å². The number of aromatic nitrogens is 1. The van der Waals surface area contributed by atoms with Crippen LogP contribution in [-0.4, -0.2) is 10.9 Å². The number of nitrogens with zero attached hydrogens (tertiary/aromatic N) is 1. The maximum Gasteiger partial charge on any atom is 0.256 e. The van der Waals surface area contributed by atoms with Gasteiger partial charge >= 0.3 is 0 Å². The number of nitrogens with one attached hydrogen (secondary N) is 1. The van der Waals surface area contributed by atoms with Gasteiger partial charge in [-0.1, -0.05) is 22.0 Å². The normalized spacial score (nSPS) is 10.0. The zero-order valence-electron chi connectivity index (χ0n) is 8.65. The Labute approximate surface area is 116 Å². The van der Waals surface area contributed by atoms with E-state index in [-0.39, 0.29) is 5.91 Å². The molecule has 0 spiro atoms. The maximum atomic E-state index is 11.9. The van der Waals surface area contributed by atoms with Crippen LogP contribution in [0.4, 0.5) is 5.82 Å². The first kappa shape index (κ1) is 12.3. The molecule has 1 aromatic heterocycles. The van der Waals surface area contributed by atoms with E-state index in [1.807, 2.05) is 18.2 Å². The number of amides is 1. The lowest BCUT2D eigenvalue weighted by molar-refractivity contribution is 0.102. The molecule has 1 aromatic carbocycles. The van der Waals surface area contributed by atoms with E-state index >= 15 is 0 Å². The molecular formula is C12H8Br2N2O. The second-order valence-corrected chi connectivity index (χ2v) is 5.16. The monoisotopic (exact) mass is 354 g/mol. The van der Waals surface area contributed by atoms with Crippen LogP contribution in [0.1, 0.15) is 10.4 Å². The highest BCUT2D eigenvalue weighted by Crippen LogP contribution is 2.14. The van der Waals surface area contributed by atoms with Crippen LogP contribution in [0.15, 0.2) is 51.5 Å². The van der Waals surface area contributed by atoms with Gasteiger partial charge in [-0.05, 0) is 46.3 Å². The summed E-state index contributed by atoms with van der Waals surface area (Å²) in [5.74, 6) is 0.347. The highest BCUT2D eigenvalue weighted by atomic mass is 79.9. The lowest BCUT2D eigenvalue weighted by Crippen LogP contribution is -2.12. The minimum Gasteiger partial charge on any atom is -0.307 e. The molecule has 0 aliphatic heterocycles. The molecule has 0 aliphatic rings. The van der Waals surface area contributed by atoms with E-state index in [1.165, 1.54) is 0 Å². The van der Waals surface area contributed by atoms with Gasteiger partial charge < -0.3 is 5.32 Å².